The Morgan fingerprint density at radius 3 is 0.579 bits per heavy atom. The van der Waals surface area contributed by atoms with Crippen LogP contribution in [0.2, 0.25) is 0 Å². The van der Waals surface area contributed by atoms with Crippen LogP contribution >= 0.6 is 0 Å². The molecule has 0 atom stereocenters. The van der Waals surface area contributed by atoms with Gasteiger partial charge in [-0.1, -0.05) is 0 Å². The maximum absolute atomic E-state index is 10.9. The van der Waals surface area contributed by atoms with Crippen molar-refractivity contribution >= 4 is 106 Å². The number of carboxylic acid groups (broad SMARTS) is 12. The van der Waals surface area contributed by atoms with Gasteiger partial charge in [-0.05, 0) is 68.3 Å². The second-order valence-corrected chi connectivity index (χ2v) is 14.5. The number of nitrogens with one attached hydrogen (secondary N) is 3. The van der Waals surface area contributed by atoms with Crippen LogP contribution in [0.25, 0.3) is 0 Å². The third-order valence-electron chi connectivity index (χ3n) is 9.26. The zero-order chi connectivity index (χ0) is 55.3. The summed E-state index contributed by atoms with van der Waals surface area (Å²) in [5.41, 5.74) is 15.0. The van der Waals surface area contributed by atoms with E-state index in [0.717, 1.165) is 18.2 Å². The molecule has 30 nitrogen and oxygen atoms in total. The van der Waals surface area contributed by atoms with Gasteiger partial charge in [0.15, 0.2) is 0 Å². The van der Waals surface area contributed by atoms with Gasteiger partial charge >= 0.3 is 68.3 Å². The van der Waals surface area contributed by atoms with Crippen molar-refractivity contribution in [3.63, 3.8) is 0 Å². The topological polar surface area (TPSA) is 596 Å². The minimum Gasteiger partial charge on any atom is -0.550 e. The quantitative estimate of drug-likeness (QED) is 0.0305. The van der Waals surface area contributed by atoms with E-state index in [1.54, 1.807) is 0 Å². The van der Waals surface area contributed by atoms with Gasteiger partial charge in [-0.3, -0.25) is 0 Å². The molecule has 0 aliphatic carbocycles. The maximum Gasteiger partial charge on any atom is 3.00 e. The van der Waals surface area contributed by atoms with Crippen molar-refractivity contribution in [1.82, 2.24) is 0 Å². The average molecular weight is 1230 g/mol. The molecule has 0 aliphatic heterocycles. The van der Waals surface area contributed by atoms with Crippen molar-refractivity contribution in [1.29, 1.82) is 0 Å². The van der Waals surface area contributed by atoms with Crippen molar-refractivity contribution in [3.8, 4) is 0 Å². The van der Waals surface area contributed by atoms with Gasteiger partial charge in [0.1, 0.15) is 0 Å². The van der Waals surface area contributed by atoms with E-state index >= 15 is 0 Å². The minimum atomic E-state index is -1.59. The third kappa shape index (κ3) is 26.4. The summed E-state index contributed by atoms with van der Waals surface area (Å²) in [4.78, 5) is 129. The molecule has 76 heavy (non-hydrogen) atoms. The molecule has 0 spiro atoms. The smallest absolute Gasteiger partial charge is 0.550 e. The van der Waals surface area contributed by atoms with Gasteiger partial charge in [-0.2, -0.15) is 0 Å². The fourth-order valence-corrected chi connectivity index (χ4v) is 6.59. The molecular formula is C42H36Fe4N6O24. The van der Waals surface area contributed by atoms with Crippen molar-refractivity contribution in [2.45, 2.75) is 57.8 Å². The molecule has 9 N–H and O–H groups in total. The van der Waals surface area contributed by atoms with Crippen LogP contribution in [0.4, 0.5) is 34.1 Å². The van der Waals surface area contributed by atoms with E-state index in [0.29, 0.717) is 0 Å². The number of aliphatic carboxylic acids is 12. The van der Waals surface area contributed by atoms with Crippen molar-refractivity contribution in [2.75, 3.05) is 52.8 Å². The number of anilines is 6. The number of rotatable bonds is 27. The monoisotopic (exact) mass is 1230 g/mol. The van der Waals surface area contributed by atoms with Gasteiger partial charge in [0.05, 0.1) is 71.7 Å². The van der Waals surface area contributed by atoms with Crippen molar-refractivity contribution in [3.05, 3.63) is 68.3 Å². The van der Waals surface area contributed by atoms with Crippen LogP contribution in [-0.4, -0.2) is 91.3 Å². The van der Waals surface area contributed by atoms with Crippen molar-refractivity contribution in [2.24, 2.45) is 0 Å². The number of nitrogens with two attached hydrogens (primary N) is 3. The number of hydrogen-bond donors (Lipinski definition) is 6. The summed E-state index contributed by atoms with van der Waals surface area (Å²) < 4.78 is 0. The number of nitrogen functional groups attached to an aromatic ring is 3. The van der Waals surface area contributed by atoms with Crippen LogP contribution in [0.1, 0.15) is 50.1 Å². The summed E-state index contributed by atoms with van der Waals surface area (Å²) >= 11 is 0. The summed E-state index contributed by atoms with van der Waals surface area (Å²) in [5.74, 6) is -18.6. The molecule has 410 valence electrons. The van der Waals surface area contributed by atoms with Crippen LogP contribution in [0, 0.1) is 0 Å². The minimum absolute atomic E-state index is 0. The summed E-state index contributed by atoms with van der Waals surface area (Å²) in [6, 6.07) is 3.35. The molecule has 0 amide bonds. The van der Waals surface area contributed by atoms with Gasteiger partial charge in [0.2, 0.25) is 0 Å². The SMILES string of the molecule is Nc1c(NCC(=O)[O-])cc(CC(=O)[O-])c(CC(=O)[O-])c1CC(=O)[O-].Nc1c(NCC(=O)[O-])cc(CC(=O)[O-])c(CC(=O)[O-])c1CC(=O)[O-].Nc1c(NCC(=O)[O-])cc(CC(=O)[O-])c(CC(=O)[O-])c1CC(=O)[O-].[Fe+3].[Fe+3].[Fe+3].[Fe+3]. The fraction of sp³-hybridized carbons (Fsp3) is 0.286. The first-order valence-electron chi connectivity index (χ1n) is 19.7. The van der Waals surface area contributed by atoms with E-state index in [9.17, 15) is 119 Å². The number of carboxylic acids is 12. The average Bonchev–Trinajstić information content (AvgIpc) is 3.22. The summed E-state index contributed by atoms with van der Waals surface area (Å²) in [7, 11) is 0. The first-order valence-corrected chi connectivity index (χ1v) is 19.7. The van der Waals surface area contributed by atoms with E-state index in [2.05, 4.69) is 16.0 Å². The van der Waals surface area contributed by atoms with Crippen LogP contribution < -0.4 is 94.4 Å². The Morgan fingerprint density at radius 2 is 0.434 bits per heavy atom. The molecule has 3 aromatic rings. The molecule has 0 heterocycles. The summed E-state index contributed by atoms with van der Waals surface area (Å²) in [6.45, 7) is -2.04. The molecule has 0 saturated heterocycles. The van der Waals surface area contributed by atoms with Gasteiger partial charge in [0, 0.05) is 112 Å². The second kappa shape index (κ2) is 35.4. The van der Waals surface area contributed by atoms with Crippen LogP contribution in [0.15, 0.2) is 18.2 Å². The zero-order valence-electron chi connectivity index (χ0n) is 38.2. The Bertz CT molecular complexity index is 2400. The molecule has 4 radical (unpaired) electrons. The molecule has 3 aromatic carbocycles. The Morgan fingerprint density at radius 1 is 0.276 bits per heavy atom. The molecule has 0 unspecified atom stereocenters. The zero-order valence-corrected chi connectivity index (χ0v) is 42.6. The van der Waals surface area contributed by atoms with Gasteiger partial charge in [0.25, 0.3) is 0 Å². The van der Waals surface area contributed by atoms with Gasteiger partial charge in [-0.25, -0.2) is 0 Å². The Kier molecular flexibility index (Phi) is 34.8. The molecule has 34 heteroatoms. The standard InChI is InChI=1S/3C14H16N2O8.4Fe/c3*15-14-8(4-12(21)22)7(3-11(19)20)6(2-10(17)18)1-9(14)16-5-13(23)24;;;;/h3*1,16H,2-5,15H2,(H,17,18)(H,19,20)(H,21,22)(H,23,24);;;;/q;;;4*+3/p-12. The number of carbonyl (C=O) groups excluding carboxylic acids is 12. The first-order chi connectivity index (χ1) is 33.3. The van der Waals surface area contributed by atoms with E-state index < -0.39 is 149 Å². The Labute approximate surface area is 469 Å². The molecule has 0 bridgehead atoms. The first kappa shape index (κ1) is 74.7. The molecular weight excluding hydrogens is 1200 g/mol. The summed E-state index contributed by atoms with van der Waals surface area (Å²) in [6.07, 6.45) is -6.93. The normalized spacial score (nSPS) is 9.63. The molecule has 0 saturated carbocycles. The Hall–Kier alpha value is -7.82. The van der Waals surface area contributed by atoms with E-state index in [4.69, 9.17) is 17.2 Å². The van der Waals surface area contributed by atoms with Crippen molar-refractivity contribution < 1.29 is 187 Å². The molecule has 0 fully saturated rings. The van der Waals surface area contributed by atoms with E-state index in [1.165, 1.54) is 0 Å². The van der Waals surface area contributed by atoms with E-state index in [1.807, 2.05) is 0 Å². The van der Waals surface area contributed by atoms with E-state index in [-0.39, 0.29) is 152 Å². The largest absolute Gasteiger partial charge is 3.00 e. The van der Waals surface area contributed by atoms with Gasteiger partial charge in [-0.15, -0.1) is 0 Å². The van der Waals surface area contributed by atoms with Crippen LogP contribution in [0.3, 0.4) is 0 Å². The predicted octanol–water partition coefficient (Wildman–Crippen LogP) is -17.1. The summed E-state index contributed by atoms with van der Waals surface area (Å²) in [5, 5.41) is 136. The number of carbonyl (C=O) groups is 12. The molecule has 0 aromatic heterocycles. The van der Waals surface area contributed by atoms with Crippen LogP contribution in [-0.2, 0) is 184 Å². The third-order valence-corrected chi connectivity index (χ3v) is 9.26. The fourth-order valence-electron chi connectivity index (χ4n) is 6.59. The molecule has 0 aliphatic rings. The van der Waals surface area contributed by atoms with Gasteiger partial charge < -0.3 is 152 Å². The number of hydrogen-bond acceptors (Lipinski definition) is 30. The Balaban J connectivity index is -0.000000498. The predicted molar refractivity (Wildman–Crippen MR) is 211 cm³/mol. The molecule has 3 rings (SSSR count). The van der Waals surface area contributed by atoms with Crippen LogP contribution in [0.5, 0.6) is 0 Å². The second-order valence-electron chi connectivity index (χ2n) is 14.5. The maximum atomic E-state index is 10.9. The number of benzene rings is 3.